The van der Waals surface area contributed by atoms with E-state index < -0.39 is 6.04 Å². The number of carbonyl (C=O) groups excluding carboxylic acids is 1. The Labute approximate surface area is 201 Å². The highest BCUT2D eigenvalue weighted by Crippen LogP contribution is 2.37. The highest BCUT2D eigenvalue weighted by molar-refractivity contribution is 6.30. The van der Waals surface area contributed by atoms with E-state index >= 15 is 0 Å². The normalized spacial score (nSPS) is 14.9. The molecule has 170 valence electrons. The smallest absolute Gasteiger partial charge is 0.255 e. The number of carbonyl (C=O) groups is 1. The van der Waals surface area contributed by atoms with Crippen LogP contribution < -0.4 is 15.4 Å². The molecule has 1 amide bonds. The summed E-state index contributed by atoms with van der Waals surface area (Å²) in [6.45, 7) is 1.85. The zero-order valence-corrected chi connectivity index (χ0v) is 19.2. The van der Waals surface area contributed by atoms with Gasteiger partial charge in [0.25, 0.3) is 5.91 Å². The predicted octanol–water partition coefficient (Wildman–Crippen LogP) is 4.93. The van der Waals surface area contributed by atoms with Crippen LogP contribution >= 0.6 is 11.6 Å². The topological polar surface area (TPSA) is 94.0 Å². The first kappa shape index (κ1) is 21.7. The van der Waals surface area contributed by atoms with E-state index in [0.29, 0.717) is 39.5 Å². The number of hydrogen-bond donors (Lipinski definition) is 2. The molecule has 2 aromatic heterocycles. The SMILES string of the molecule is COc1ccccc1NC(=O)C1=C(C)Nc2nc(-c3cccnc3)nn2[C@@H]1c1ccc(Cl)cc1. The standard InChI is InChI=1S/C25H21ClN6O2/c1-15-21(24(33)29-19-7-3-4-8-20(19)34-2)22(16-9-11-18(26)12-10-16)32-25(28-15)30-23(31-32)17-6-5-13-27-14-17/h3-14,22H,1-2H3,(H,29,33)(H,28,30,31)/t22-/m1/s1. The molecule has 5 rings (SSSR count). The van der Waals surface area contributed by atoms with Gasteiger partial charge in [-0.15, -0.1) is 5.10 Å². The molecule has 0 spiro atoms. The van der Waals surface area contributed by atoms with Crippen molar-refractivity contribution >= 4 is 29.1 Å². The van der Waals surface area contributed by atoms with Crippen LogP contribution in [0, 0.1) is 0 Å². The summed E-state index contributed by atoms with van der Waals surface area (Å²) in [5, 5.41) is 11.6. The van der Waals surface area contributed by atoms with Gasteiger partial charge in [0.1, 0.15) is 11.8 Å². The number of para-hydroxylation sites is 2. The van der Waals surface area contributed by atoms with Crippen LogP contribution in [0.15, 0.2) is 84.3 Å². The minimum atomic E-state index is -0.527. The number of halogens is 1. The fourth-order valence-electron chi connectivity index (χ4n) is 3.95. The molecule has 0 saturated heterocycles. The van der Waals surface area contributed by atoms with Crippen LogP contribution in [0.4, 0.5) is 11.6 Å². The van der Waals surface area contributed by atoms with Gasteiger partial charge in [-0.25, -0.2) is 4.68 Å². The number of nitrogens with zero attached hydrogens (tertiary/aromatic N) is 4. The number of rotatable bonds is 5. The molecule has 1 aliphatic heterocycles. The molecule has 1 atom stereocenters. The number of nitrogens with one attached hydrogen (secondary N) is 2. The van der Waals surface area contributed by atoms with E-state index in [-0.39, 0.29) is 5.91 Å². The third-order valence-corrected chi connectivity index (χ3v) is 5.81. The second-order valence-electron chi connectivity index (χ2n) is 7.72. The molecule has 9 heteroatoms. The second-order valence-corrected chi connectivity index (χ2v) is 8.15. The largest absolute Gasteiger partial charge is 0.495 e. The fraction of sp³-hybridized carbons (Fsp3) is 0.120. The van der Waals surface area contributed by atoms with Crippen LogP contribution in [-0.2, 0) is 4.79 Å². The zero-order chi connectivity index (χ0) is 23.7. The molecular formula is C25H21ClN6O2. The maximum absolute atomic E-state index is 13.6. The number of methoxy groups -OCH3 is 1. The van der Waals surface area contributed by atoms with Gasteiger partial charge in [0.2, 0.25) is 5.95 Å². The van der Waals surface area contributed by atoms with E-state index in [1.54, 1.807) is 48.5 Å². The van der Waals surface area contributed by atoms with Gasteiger partial charge < -0.3 is 15.4 Å². The molecule has 0 saturated carbocycles. The average molecular weight is 473 g/mol. The highest BCUT2D eigenvalue weighted by Gasteiger charge is 2.34. The summed E-state index contributed by atoms with van der Waals surface area (Å²) < 4.78 is 7.12. The Morgan fingerprint density at radius 2 is 1.91 bits per heavy atom. The molecule has 0 unspecified atom stereocenters. The molecule has 34 heavy (non-hydrogen) atoms. The van der Waals surface area contributed by atoms with Crippen molar-refractivity contribution in [3.63, 3.8) is 0 Å². The van der Waals surface area contributed by atoms with Crippen molar-refractivity contribution in [3.05, 3.63) is 94.9 Å². The van der Waals surface area contributed by atoms with Crippen LogP contribution in [0.25, 0.3) is 11.4 Å². The van der Waals surface area contributed by atoms with Gasteiger partial charge in [-0.3, -0.25) is 9.78 Å². The van der Waals surface area contributed by atoms with Gasteiger partial charge in [0.05, 0.1) is 18.4 Å². The molecule has 2 N–H and O–H groups in total. The fourth-order valence-corrected chi connectivity index (χ4v) is 4.08. The second kappa shape index (κ2) is 8.99. The quantitative estimate of drug-likeness (QED) is 0.427. The van der Waals surface area contributed by atoms with E-state index in [1.165, 1.54) is 0 Å². The highest BCUT2D eigenvalue weighted by atomic mass is 35.5. The summed E-state index contributed by atoms with van der Waals surface area (Å²) in [4.78, 5) is 22.4. The molecule has 0 aliphatic carbocycles. The maximum atomic E-state index is 13.6. The first-order valence-corrected chi connectivity index (χ1v) is 11.0. The van der Waals surface area contributed by atoms with Gasteiger partial charge in [0, 0.05) is 28.7 Å². The number of amides is 1. The predicted molar refractivity (Wildman–Crippen MR) is 131 cm³/mol. The van der Waals surface area contributed by atoms with Crippen molar-refractivity contribution < 1.29 is 9.53 Å². The zero-order valence-electron chi connectivity index (χ0n) is 18.5. The molecule has 0 radical (unpaired) electrons. The van der Waals surface area contributed by atoms with Crippen LogP contribution in [0.1, 0.15) is 18.5 Å². The Morgan fingerprint density at radius 1 is 1.12 bits per heavy atom. The maximum Gasteiger partial charge on any atom is 0.255 e. The lowest BCUT2D eigenvalue weighted by molar-refractivity contribution is -0.113. The summed E-state index contributed by atoms with van der Waals surface area (Å²) in [6, 6.07) is 17.8. The number of ether oxygens (including phenoxy) is 1. The van der Waals surface area contributed by atoms with Crippen molar-refractivity contribution in [2.45, 2.75) is 13.0 Å². The monoisotopic (exact) mass is 472 g/mol. The van der Waals surface area contributed by atoms with Gasteiger partial charge in [-0.2, -0.15) is 4.98 Å². The molecule has 1 aliphatic rings. The van der Waals surface area contributed by atoms with Crippen LogP contribution in [0.5, 0.6) is 5.75 Å². The summed E-state index contributed by atoms with van der Waals surface area (Å²) in [6.07, 6.45) is 3.40. The molecule has 8 nitrogen and oxygen atoms in total. The number of pyridine rings is 1. The van der Waals surface area contributed by atoms with Crippen LogP contribution in [-0.4, -0.2) is 32.8 Å². The molecule has 2 aromatic carbocycles. The lowest BCUT2D eigenvalue weighted by Gasteiger charge is -2.28. The lowest BCUT2D eigenvalue weighted by Crippen LogP contribution is -2.31. The molecular weight excluding hydrogens is 452 g/mol. The third kappa shape index (κ3) is 3.99. The summed E-state index contributed by atoms with van der Waals surface area (Å²) in [5.41, 5.74) is 3.37. The summed E-state index contributed by atoms with van der Waals surface area (Å²) in [7, 11) is 1.57. The average Bonchev–Trinajstić information content (AvgIpc) is 3.28. The molecule has 0 fully saturated rings. The third-order valence-electron chi connectivity index (χ3n) is 5.56. The van der Waals surface area contributed by atoms with Gasteiger partial charge in [0.15, 0.2) is 5.82 Å². The van der Waals surface area contributed by atoms with Gasteiger partial charge in [-0.1, -0.05) is 35.9 Å². The molecule has 0 bridgehead atoms. The van der Waals surface area contributed by atoms with Gasteiger partial charge in [-0.05, 0) is 48.9 Å². The van der Waals surface area contributed by atoms with E-state index in [2.05, 4.69) is 20.6 Å². The Bertz CT molecular complexity index is 1380. The minimum Gasteiger partial charge on any atom is -0.495 e. The first-order chi connectivity index (χ1) is 16.5. The Balaban J connectivity index is 1.60. The van der Waals surface area contributed by atoms with Crippen LogP contribution in [0.3, 0.4) is 0 Å². The minimum absolute atomic E-state index is 0.279. The number of aromatic nitrogens is 4. The van der Waals surface area contributed by atoms with Crippen LogP contribution in [0.2, 0.25) is 5.02 Å². The lowest BCUT2D eigenvalue weighted by atomic mass is 9.95. The van der Waals surface area contributed by atoms with E-state index in [1.807, 2.05) is 43.3 Å². The molecule has 3 heterocycles. The summed E-state index contributed by atoms with van der Waals surface area (Å²) >= 11 is 6.14. The summed E-state index contributed by atoms with van der Waals surface area (Å²) in [5.74, 6) is 1.33. The van der Waals surface area contributed by atoms with Crippen molar-refractivity contribution in [2.75, 3.05) is 17.7 Å². The number of fused-ring (bicyclic) bond motifs is 1. The van der Waals surface area contributed by atoms with E-state index in [4.69, 9.17) is 21.4 Å². The van der Waals surface area contributed by atoms with Crippen molar-refractivity contribution in [3.8, 4) is 17.1 Å². The Kier molecular flexibility index (Phi) is 5.73. The Hall–Kier alpha value is -4.17. The first-order valence-electron chi connectivity index (χ1n) is 10.6. The Morgan fingerprint density at radius 3 is 2.65 bits per heavy atom. The number of hydrogen-bond acceptors (Lipinski definition) is 6. The van der Waals surface area contributed by atoms with E-state index in [0.717, 1.165) is 11.1 Å². The molecule has 4 aromatic rings. The number of anilines is 2. The van der Waals surface area contributed by atoms with Crippen molar-refractivity contribution in [2.24, 2.45) is 0 Å². The number of allylic oxidation sites excluding steroid dienone is 1. The van der Waals surface area contributed by atoms with Gasteiger partial charge >= 0.3 is 0 Å². The van der Waals surface area contributed by atoms with E-state index in [9.17, 15) is 4.79 Å². The van der Waals surface area contributed by atoms with Crippen molar-refractivity contribution in [1.29, 1.82) is 0 Å². The number of benzene rings is 2. The van der Waals surface area contributed by atoms with Crippen molar-refractivity contribution in [1.82, 2.24) is 19.7 Å².